The zero-order chi connectivity index (χ0) is 16.6. The molecule has 3 rings (SSSR count). The summed E-state index contributed by atoms with van der Waals surface area (Å²) in [4.78, 5) is 18.3. The number of carbonyl (C=O) groups excluding carboxylic acids is 1. The lowest BCUT2D eigenvalue weighted by atomic mass is 9.95. The molecule has 2 fully saturated rings. The number of hydrogen-bond donors (Lipinski definition) is 0. The molecule has 1 atom stereocenters. The second-order valence-electron chi connectivity index (χ2n) is 6.51. The molecule has 8 heteroatoms. The third-order valence-electron chi connectivity index (χ3n) is 4.71. The van der Waals surface area contributed by atoms with Crippen molar-refractivity contribution in [3.05, 3.63) is 11.6 Å². The molecule has 1 amide bonds. The van der Waals surface area contributed by atoms with Crippen molar-refractivity contribution in [1.82, 2.24) is 19.7 Å². The Morgan fingerprint density at radius 1 is 1.22 bits per heavy atom. The molecule has 2 aliphatic rings. The number of amides is 1. The Hall–Kier alpha value is -1.60. The number of halogens is 3. The average Bonchev–Trinajstić information content (AvgIpc) is 3.07. The normalized spacial score (nSPS) is 23.7. The minimum absolute atomic E-state index is 0.117. The summed E-state index contributed by atoms with van der Waals surface area (Å²) in [6.07, 6.45) is 0.798. The fourth-order valence-corrected chi connectivity index (χ4v) is 3.71. The van der Waals surface area contributed by atoms with E-state index in [9.17, 15) is 18.0 Å². The predicted octanol–water partition coefficient (Wildman–Crippen LogP) is 2.80. The second-order valence-corrected chi connectivity index (χ2v) is 6.51. The van der Waals surface area contributed by atoms with Crippen LogP contribution in [-0.2, 0) is 11.3 Å². The number of alkyl halides is 3. The van der Waals surface area contributed by atoms with Crippen LogP contribution in [0.1, 0.15) is 56.1 Å². The molecular weight excluding hydrogens is 309 g/mol. The van der Waals surface area contributed by atoms with E-state index >= 15 is 0 Å². The molecule has 5 nitrogen and oxygen atoms in total. The maximum Gasteiger partial charge on any atom is 0.408 e. The van der Waals surface area contributed by atoms with E-state index in [4.69, 9.17) is 0 Å². The number of hydrogen-bond acceptors (Lipinski definition) is 3. The van der Waals surface area contributed by atoms with E-state index in [1.54, 1.807) is 6.92 Å². The van der Waals surface area contributed by atoms with Gasteiger partial charge in [-0.1, -0.05) is 12.8 Å². The molecule has 1 aliphatic carbocycles. The van der Waals surface area contributed by atoms with Gasteiger partial charge in [0.25, 0.3) is 0 Å². The lowest BCUT2D eigenvalue weighted by Gasteiger charge is -2.36. The molecule has 1 saturated carbocycles. The van der Waals surface area contributed by atoms with Gasteiger partial charge in [0.05, 0.1) is 0 Å². The minimum Gasteiger partial charge on any atom is -0.339 e. The van der Waals surface area contributed by atoms with E-state index in [-0.39, 0.29) is 17.9 Å². The molecule has 0 N–H and O–H groups in total. The van der Waals surface area contributed by atoms with Gasteiger partial charge in [-0.3, -0.25) is 4.79 Å². The molecule has 1 aliphatic heterocycles. The van der Waals surface area contributed by atoms with E-state index in [1.807, 2.05) is 4.90 Å². The summed E-state index contributed by atoms with van der Waals surface area (Å²) in [7, 11) is 0. The first-order valence-electron chi connectivity index (χ1n) is 8.11. The van der Waals surface area contributed by atoms with E-state index in [0.29, 0.717) is 31.0 Å². The van der Waals surface area contributed by atoms with Gasteiger partial charge in [0, 0.05) is 24.9 Å². The van der Waals surface area contributed by atoms with E-state index in [2.05, 4.69) is 10.1 Å². The fourth-order valence-electron chi connectivity index (χ4n) is 3.71. The molecule has 1 aromatic heterocycles. The maximum atomic E-state index is 12.7. The summed E-state index contributed by atoms with van der Waals surface area (Å²) in [5.41, 5.74) is 0. The fraction of sp³-hybridized carbons (Fsp3) is 0.800. The van der Waals surface area contributed by atoms with Crippen molar-refractivity contribution in [1.29, 1.82) is 0 Å². The number of likely N-dealkylation sites (tertiary alicyclic amines) is 1. The Kier molecular flexibility index (Phi) is 4.33. The molecule has 0 radical (unpaired) electrons. The molecule has 2 heterocycles. The van der Waals surface area contributed by atoms with Crippen LogP contribution in [0.15, 0.2) is 0 Å². The minimum atomic E-state index is -4.33. The van der Waals surface area contributed by atoms with Gasteiger partial charge in [-0.2, -0.15) is 18.3 Å². The summed E-state index contributed by atoms with van der Waals surface area (Å²) in [6.45, 7) is 0.926. The number of nitrogens with zero attached hydrogens (tertiary/aromatic N) is 4. The standard InChI is InChI=1S/C15H21F3N4O/c1-10-19-14(22(20-10)9-15(16,17)18)11-6-7-13(23)21(8-11)12-4-2-3-5-12/h11-12H,2-9H2,1H3. The Morgan fingerprint density at radius 3 is 2.57 bits per heavy atom. The zero-order valence-corrected chi connectivity index (χ0v) is 13.1. The van der Waals surface area contributed by atoms with Gasteiger partial charge in [0.1, 0.15) is 18.2 Å². The maximum absolute atomic E-state index is 12.7. The summed E-state index contributed by atoms with van der Waals surface area (Å²) >= 11 is 0. The highest BCUT2D eigenvalue weighted by Gasteiger charge is 2.37. The third-order valence-corrected chi connectivity index (χ3v) is 4.71. The Bertz CT molecular complexity index is 578. The van der Waals surface area contributed by atoms with Gasteiger partial charge in [0.15, 0.2) is 0 Å². The van der Waals surface area contributed by atoms with Crippen LogP contribution in [0.25, 0.3) is 0 Å². The Balaban J connectivity index is 1.80. The van der Waals surface area contributed by atoms with Crippen LogP contribution in [0.4, 0.5) is 13.2 Å². The number of carbonyl (C=O) groups is 1. The highest BCUT2D eigenvalue weighted by atomic mass is 19.4. The summed E-state index contributed by atoms with van der Waals surface area (Å²) in [6, 6.07) is 0.241. The molecule has 1 aromatic rings. The van der Waals surface area contributed by atoms with Gasteiger partial charge in [-0.05, 0) is 26.2 Å². The van der Waals surface area contributed by atoms with Crippen LogP contribution in [0.5, 0.6) is 0 Å². The topological polar surface area (TPSA) is 51.0 Å². The summed E-state index contributed by atoms with van der Waals surface area (Å²) in [5, 5.41) is 3.89. The van der Waals surface area contributed by atoms with Crippen molar-refractivity contribution in [3.63, 3.8) is 0 Å². The largest absolute Gasteiger partial charge is 0.408 e. The second kappa shape index (κ2) is 6.13. The van der Waals surface area contributed by atoms with E-state index in [1.165, 1.54) is 0 Å². The lowest BCUT2D eigenvalue weighted by Crippen LogP contribution is -2.45. The molecule has 128 valence electrons. The first-order chi connectivity index (χ1) is 10.8. The molecule has 23 heavy (non-hydrogen) atoms. The highest BCUT2D eigenvalue weighted by Crippen LogP contribution is 2.33. The number of rotatable bonds is 3. The highest BCUT2D eigenvalue weighted by molar-refractivity contribution is 5.77. The van der Waals surface area contributed by atoms with Crippen molar-refractivity contribution >= 4 is 5.91 Å². The van der Waals surface area contributed by atoms with Gasteiger partial charge in [0.2, 0.25) is 5.91 Å². The molecule has 1 unspecified atom stereocenters. The van der Waals surface area contributed by atoms with Gasteiger partial charge >= 0.3 is 6.18 Å². The first-order valence-corrected chi connectivity index (χ1v) is 8.11. The molecule has 0 bridgehead atoms. The SMILES string of the molecule is Cc1nc(C2CCC(=O)N(C3CCCC3)C2)n(CC(F)(F)F)n1. The van der Waals surface area contributed by atoms with Crippen molar-refractivity contribution in [2.75, 3.05) is 6.54 Å². The van der Waals surface area contributed by atoms with Crippen molar-refractivity contribution in [2.45, 2.75) is 70.1 Å². The van der Waals surface area contributed by atoms with Gasteiger partial charge in [-0.25, -0.2) is 9.67 Å². The average molecular weight is 330 g/mol. The van der Waals surface area contributed by atoms with Crippen LogP contribution in [0.2, 0.25) is 0 Å². The smallest absolute Gasteiger partial charge is 0.339 e. The molecular formula is C15H21F3N4O. The first kappa shape index (κ1) is 16.3. The van der Waals surface area contributed by atoms with Gasteiger partial charge < -0.3 is 4.90 Å². The van der Waals surface area contributed by atoms with Crippen molar-refractivity contribution in [2.24, 2.45) is 0 Å². The summed E-state index contributed by atoms with van der Waals surface area (Å²) in [5.74, 6) is 0.646. The van der Waals surface area contributed by atoms with Crippen molar-refractivity contribution in [3.8, 4) is 0 Å². The van der Waals surface area contributed by atoms with Crippen molar-refractivity contribution < 1.29 is 18.0 Å². The Labute approximate surface area is 132 Å². The van der Waals surface area contributed by atoms with Gasteiger partial charge in [-0.15, -0.1) is 0 Å². The number of aryl methyl sites for hydroxylation is 1. The van der Waals surface area contributed by atoms with Crippen LogP contribution in [0, 0.1) is 6.92 Å². The lowest BCUT2D eigenvalue weighted by molar-refractivity contribution is -0.144. The zero-order valence-electron chi connectivity index (χ0n) is 13.1. The van der Waals surface area contributed by atoms with Crippen LogP contribution in [0.3, 0.4) is 0 Å². The number of aromatic nitrogens is 3. The van der Waals surface area contributed by atoms with E-state index in [0.717, 1.165) is 30.4 Å². The predicted molar refractivity (Wildman–Crippen MR) is 76.8 cm³/mol. The molecule has 0 spiro atoms. The number of piperidine rings is 1. The Morgan fingerprint density at radius 2 is 1.91 bits per heavy atom. The van der Waals surface area contributed by atoms with Crippen LogP contribution < -0.4 is 0 Å². The molecule has 0 aromatic carbocycles. The van der Waals surface area contributed by atoms with Crippen LogP contribution >= 0.6 is 0 Å². The summed E-state index contributed by atoms with van der Waals surface area (Å²) < 4.78 is 39.1. The monoisotopic (exact) mass is 330 g/mol. The molecule has 1 saturated heterocycles. The quantitative estimate of drug-likeness (QED) is 0.856. The van der Waals surface area contributed by atoms with Crippen LogP contribution in [-0.4, -0.2) is 44.3 Å². The van der Waals surface area contributed by atoms with E-state index < -0.39 is 12.7 Å². The third kappa shape index (κ3) is 3.67.